The zero-order valence-corrected chi connectivity index (χ0v) is 22.2. The number of carbonyl (C=O) groups is 1. The average Bonchev–Trinajstić information content (AvgIpc) is 3.32. The lowest BCUT2D eigenvalue weighted by molar-refractivity contribution is -0.139. The topological polar surface area (TPSA) is 97.5 Å². The van der Waals surface area contributed by atoms with Gasteiger partial charge in [-0.2, -0.15) is 31.4 Å². The second kappa shape index (κ2) is 11.6. The molecule has 0 saturated carbocycles. The first-order valence-electron chi connectivity index (χ1n) is 13.2. The normalized spacial score (nSPS) is 17.5. The van der Waals surface area contributed by atoms with Crippen molar-refractivity contribution in [2.45, 2.75) is 31.4 Å². The first-order chi connectivity index (χ1) is 19.9. The average molecular weight is 596 g/mol. The van der Waals surface area contributed by atoms with Crippen molar-refractivity contribution in [1.82, 2.24) is 25.4 Å². The highest BCUT2D eigenvalue weighted by Crippen LogP contribution is 2.41. The molecule has 1 fully saturated rings. The van der Waals surface area contributed by atoms with Crippen molar-refractivity contribution in [3.05, 3.63) is 81.4 Å². The van der Waals surface area contributed by atoms with Gasteiger partial charge in [-0.3, -0.25) is 9.59 Å². The summed E-state index contributed by atoms with van der Waals surface area (Å²) in [5.74, 6) is 0.284. The van der Waals surface area contributed by atoms with Gasteiger partial charge < -0.3 is 20.0 Å². The van der Waals surface area contributed by atoms with Crippen LogP contribution in [0.5, 0.6) is 0 Å². The van der Waals surface area contributed by atoms with E-state index in [2.05, 4.69) is 15.4 Å². The van der Waals surface area contributed by atoms with Crippen LogP contribution in [0.25, 0.3) is 0 Å². The number of benzene rings is 1. The maximum atomic E-state index is 13.8. The summed E-state index contributed by atoms with van der Waals surface area (Å²) in [5, 5.41) is 8.65. The minimum atomic E-state index is -4.88. The van der Waals surface area contributed by atoms with Gasteiger partial charge >= 0.3 is 12.4 Å². The maximum absolute atomic E-state index is 13.8. The zero-order chi connectivity index (χ0) is 30.1. The molecule has 15 heteroatoms. The van der Waals surface area contributed by atoms with Gasteiger partial charge in [-0.25, -0.2) is 10.1 Å². The van der Waals surface area contributed by atoms with Gasteiger partial charge in [0.1, 0.15) is 11.4 Å². The van der Waals surface area contributed by atoms with Gasteiger partial charge in [-0.1, -0.05) is 24.3 Å². The fraction of sp³-hybridized carbons (Fsp3) is 0.407. The van der Waals surface area contributed by atoms with Crippen LogP contribution in [-0.4, -0.2) is 65.3 Å². The number of carbonyl (C=O) groups excluding carboxylic acids is 1. The lowest BCUT2D eigenvalue weighted by Crippen LogP contribution is -2.49. The third-order valence-corrected chi connectivity index (χ3v) is 7.44. The van der Waals surface area contributed by atoms with E-state index in [4.69, 9.17) is 0 Å². The van der Waals surface area contributed by atoms with Gasteiger partial charge in [0, 0.05) is 58.4 Å². The minimum absolute atomic E-state index is 0.121. The van der Waals surface area contributed by atoms with Crippen molar-refractivity contribution < 1.29 is 31.1 Å². The number of halogens is 6. The SMILES string of the molecule is O=C(CCNC[C@H]1c2ccccc2CN1c1cn[nH]c(=O)c1C(F)(F)F)N1CCN(c2ccc(C(F)(F)F)cn2)CC1. The number of piperazine rings is 1. The lowest BCUT2D eigenvalue weighted by atomic mass is 10.0. The zero-order valence-electron chi connectivity index (χ0n) is 22.2. The Morgan fingerprint density at radius 2 is 1.71 bits per heavy atom. The van der Waals surface area contributed by atoms with Crippen LogP contribution in [0.2, 0.25) is 0 Å². The van der Waals surface area contributed by atoms with Gasteiger partial charge in [0.25, 0.3) is 5.56 Å². The molecule has 1 atom stereocenters. The number of amides is 1. The van der Waals surface area contributed by atoms with Crippen LogP contribution in [0, 0.1) is 0 Å². The number of aromatic amines is 1. The van der Waals surface area contributed by atoms with E-state index >= 15 is 0 Å². The second-order valence-electron chi connectivity index (χ2n) is 10.0. The molecule has 42 heavy (non-hydrogen) atoms. The molecule has 1 aromatic carbocycles. The number of anilines is 2. The van der Waals surface area contributed by atoms with Crippen LogP contribution < -0.4 is 20.7 Å². The third kappa shape index (κ3) is 6.20. The molecule has 1 amide bonds. The fourth-order valence-corrected chi connectivity index (χ4v) is 5.34. The predicted molar refractivity (Wildman–Crippen MR) is 141 cm³/mol. The number of fused-ring (bicyclic) bond motifs is 1. The molecule has 2 N–H and O–H groups in total. The Labute approximate surface area is 236 Å². The quantitative estimate of drug-likeness (QED) is 0.318. The molecule has 0 unspecified atom stereocenters. The Bertz CT molecular complexity index is 1470. The maximum Gasteiger partial charge on any atom is 0.423 e. The Hall–Kier alpha value is -4.14. The number of alkyl halides is 6. The Balaban J connectivity index is 1.17. The van der Waals surface area contributed by atoms with E-state index in [0.29, 0.717) is 32.0 Å². The van der Waals surface area contributed by atoms with Crippen molar-refractivity contribution >= 4 is 17.4 Å². The molecule has 0 bridgehead atoms. The Morgan fingerprint density at radius 3 is 2.38 bits per heavy atom. The first kappa shape index (κ1) is 29.4. The van der Waals surface area contributed by atoms with Crippen LogP contribution in [0.3, 0.4) is 0 Å². The van der Waals surface area contributed by atoms with E-state index in [9.17, 15) is 35.9 Å². The molecule has 9 nitrogen and oxygen atoms in total. The molecular weight excluding hydrogens is 568 g/mol. The second-order valence-corrected chi connectivity index (χ2v) is 10.0. The summed E-state index contributed by atoms with van der Waals surface area (Å²) in [4.78, 5) is 33.8. The first-order valence-corrected chi connectivity index (χ1v) is 13.2. The number of nitrogens with one attached hydrogen (secondary N) is 2. The summed E-state index contributed by atoms with van der Waals surface area (Å²) >= 11 is 0. The van der Waals surface area contributed by atoms with Gasteiger partial charge in [0.15, 0.2) is 0 Å². The summed E-state index contributed by atoms with van der Waals surface area (Å²) in [6, 6.07) is 8.99. The molecule has 0 radical (unpaired) electrons. The van der Waals surface area contributed by atoms with Gasteiger partial charge in [0.2, 0.25) is 5.91 Å². The van der Waals surface area contributed by atoms with Crippen molar-refractivity contribution in [2.75, 3.05) is 49.1 Å². The van der Waals surface area contributed by atoms with Gasteiger partial charge in [-0.15, -0.1) is 0 Å². The molecule has 0 spiro atoms. The van der Waals surface area contributed by atoms with E-state index in [-0.39, 0.29) is 37.6 Å². The van der Waals surface area contributed by atoms with Gasteiger partial charge in [0.05, 0.1) is 23.5 Å². The monoisotopic (exact) mass is 595 g/mol. The summed E-state index contributed by atoms with van der Waals surface area (Å²) in [7, 11) is 0. The van der Waals surface area contributed by atoms with Crippen molar-refractivity contribution in [3.8, 4) is 0 Å². The van der Waals surface area contributed by atoms with E-state index in [1.54, 1.807) is 17.0 Å². The summed E-state index contributed by atoms with van der Waals surface area (Å²) in [5.41, 5.74) is -2.12. The van der Waals surface area contributed by atoms with Crippen molar-refractivity contribution in [3.63, 3.8) is 0 Å². The highest BCUT2D eigenvalue weighted by atomic mass is 19.4. The molecule has 2 aliphatic heterocycles. The number of H-pyrrole nitrogens is 1. The number of rotatable bonds is 7. The number of hydrogen-bond acceptors (Lipinski definition) is 7. The molecule has 4 heterocycles. The standard InChI is InChI=1S/C27H27F6N7O2/c28-26(29,30)18-5-6-22(35-13-18)38-9-11-39(12-10-38)23(41)7-8-34-14-20-19-4-2-1-3-17(19)16-40(20)21-15-36-37-25(42)24(21)27(31,32)33/h1-6,13,15,20,34H,7-12,14,16H2,(H,37,42)/t20-/m0/s1. The molecule has 224 valence electrons. The van der Waals surface area contributed by atoms with E-state index in [0.717, 1.165) is 29.6 Å². The van der Waals surface area contributed by atoms with Crippen LogP contribution in [0.15, 0.2) is 53.6 Å². The molecule has 3 aromatic rings. The fourth-order valence-electron chi connectivity index (χ4n) is 5.34. The number of hydrogen-bond donors (Lipinski definition) is 2. The van der Waals surface area contributed by atoms with Crippen LogP contribution in [0.1, 0.15) is 34.7 Å². The summed E-state index contributed by atoms with van der Waals surface area (Å²) in [6.45, 7) is 2.23. The van der Waals surface area contributed by atoms with Crippen LogP contribution in [-0.2, 0) is 23.7 Å². The molecule has 1 saturated heterocycles. The van der Waals surface area contributed by atoms with E-state index in [1.165, 1.54) is 11.0 Å². The molecule has 2 aromatic heterocycles. The minimum Gasteiger partial charge on any atom is -0.357 e. The van der Waals surface area contributed by atoms with Crippen LogP contribution >= 0.6 is 0 Å². The Kier molecular flexibility index (Phi) is 8.12. The Morgan fingerprint density at radius 1 is 0.976 bits per heavy atom. The highest BCUT2D eigenvalue weighted by molar-refractivity contribution is 5.76. The van der Waals surface area contributed by atoms with Crippen molar-refractivity contribution in [1.29, 1.82) is 0 Å². The largest absolute Gasteiger partial charge is 0.423 e. The lowest BCUT2D eigenvalue weighted by Gasteiger charge is -2.35. The molecular formula is C27H27F6N7O2. The number of pyridine rings is 1. The highest BCUT2D eigenvalue weighted by Gasteiger charge is 2.41. The number of nitrogens with zero attached hydrogens (tertiary/aromatic N) is 5. The molecule has 2 aliphatic rings. The van der Waals surface area contributed by atoms with Crippen molar-refractivity contribution in [2.24, 2.45) is 0 Å². The predicted octanol–water partition coefficient (Wildman–Crippen LogP) is 3.59. The third-order valence-electron chi connectivity index (χ3n) is 7.44. The van der Waals surface area contributed by atoms with Gasteiger partial charge in [-0.05, 0) is 23.3 Å². The summed E-state index contributed by atoms with van der Waals surface area (Å²) in [6.07, 6.45) is -7.40. The molecule has 5 rings (SSSR count). The smallest absolute Gasteiger partial charge is 0.357 e. The van der Waals surface area contributed by atoms with E-state index in [1.807, 2.05) is 22.1 Å². The summed E-state index contributed by atoms with van der Waals surface area (Å²) < 4.78 is 79.7. The number of aromatic nitrogens is 3. The van der Waals surface area contributed by atoms with E-state index < -0.39 is 35.1 Å². The molecule has 0 aliphatic carbocycles. The van der Waals surface area contributed by atoms with Crippen LogP contribution in [0.4, 0.5) is 37.8 Å².